The zero-order chi connectivity index (χ0) is 12.8. The molecular formula is C11H17N3O3. The number of rotatable bonds is 6. The molecule has 1 aromatic rings. The maximum Gasteiger partial charge on any atom is 0.323 e. The molecular weight excluding hydrogens is 222 g/mol. The number of carboxylic acid groups (broad SMARTS) is 1. The second-order valence-electron chi connectivity index (χ2n) is 3.88. The summed E-state index contributed by atoms with van der Waals surface area (Å²) in [5, 5.41) is 12.7. The summed E-state index contributed by atoms with van der Waals surface area (Å²) in [5.41, 5.74) is 0. The van der Waals surface area contributed by atoms with Crippen LogP contribution in [-0.4, -0.2) is 44.3 Å². The van der Waals surface area contributed by atoms with Gasteiger partial charge in [0.05, 0.1) is 0 Å². The fraction of sp³-hybridized carbons (Fsp3) is 0.545. The Morgan fingerprint density at radius 1 is 1.53 bits per heavy atom. The van der Waals surface area contributed by atoms with E-state index in [0.717, 1.165) is 6.42 Å². The summed E-state index contributed by atoms with van der Waals surface area (Å²) in [4.78, 5) is 24.0. The average Bonchev–Trinajstić information content (AvgIpc) is 2.77. The monoisotopic (exact) mass is 239 g/mol. The standard InChI is InChI=1S/C11H17N3O3/c1-3-9(2)14(8-11(16)17)10(15)7-13-6-4-5-12-13/h4-6,9H,3,7-8H2,1-2H3,(H,16,17). The molecule has 94 valence electrons. The summed E-state index contributed by atoms with van der Waals surface area (Å²) in [5.74, 6) is -1.23. The largest absolute Gasteiger partial charge is 0.480 e. The van der Waals surface area contributed by atoms with Gasteiger partial charge in [-0.2, -0.15) is 5.10 Å². The van der Waals surface area contributed by atoms with Crippen LogP contribution in [0.3, 0.4) is 0 Å². The molecule has 0 saturated heterocycles. The third kappa shape index (κ3) is 3.90. The molecule has 6 heteroatoms. The molecule has 0 aromatic carbocycles. The average molecular weight is 239 g/mol. The lowest BCUT2D eigenvalue weighted by atomic mass is 10.2. The van der Waals surface area contributed by atoms with E-state index in [9.17, 15) is 9.59 Å². The summed E-state index contributed by atoms with van der Waals surface area (Å²) >= 11 is 0. The number of amides is 1. The molecule has 1 unspecified atom stereocenters. The number of carbonyl (C=O) groups excluding carboxylic acids is 1. The molecule has 6 nitrogen and oxygen atoms in total. The van der Waals surface area contributed by atoms with Crippen LogP contribution in [0, 0.1) is 0 Å². The molecule has 17 heavy (non-hydrogen) atoms. The number of hydrogen-bond donors (Lipinski definition) is 1. The van der Waals surface area contributed by atoms with Crippen molar-refractivity contribution in [1.29, 1.82) is 0 Å². The van der Waals surface area contributed by atoms with E-state index >= 15 is 0 Å². The highest BCUT2D eigenvalue weighted by atomic mass is 16.4. The van der Waals surface area contributed by atoms with Gasteiger partial charge in [0.25, 0.3) is 0 Å². The Morgan fingerprint density at radius 3 is 2.71 bits per heavy atom. The minimum Gasteiger partial charge on any atom is -0.480 e. The van der Waals surface area contributed by atoms with Crippen molar-refractivity contribution < 1.29 is 14.7 Å². The van der Waals surface area contributed by atoms with E-state index < -0.39 is 5.97 Å². The molecule has 0 aliphatic carbocycles. The Bertz CT molecular complexity index is 375. The van der Waals surface area contributed by atoms with Gasteiger partial charge in [-0.05, 0) is 19.4 Å². The third-order valence-electron chi connectivity index (χ3n) is 2.61. The topological polar surface area (TPSA) is 75.4 Å². The molecule has 0 spiro atoms. The molecule has 1 rings (SSSR count). The number of nitrogens with zero attached hydrogens (tertiary/aromatic N) is 3. The van der Waals surface area contributed by atoms with E-state index in [4.69, 9.17) is 5.11 Å². The fourth-order valence-electron chi connectivity index (χ4n) is 1.48. The van der Waals surface area contributed by atoms with Crippen LogP contribution in [-0.2, 0) is 16.1 Å². The molecule has 0 bridgehead atoms. The van der Waals surface area contributed by atoms with Crippen LogP contribution in [0.4, 0.5) is 0 Å². The van der Waals surface area contributed by atoms with Gasteiger partial charge in [0.2, 0.25) is 5.91 Å². The first-order valence-electron chi connectivity index (χ1n) is 5.53. The first kappa shape index (κ1) is 13.2. The first-order valence-corrected chi connectivity index (χ1v) is 5.53. The van der Waals surface area contributed by atoms with Crippen molar-refractivity contribution in [3.63, 3.8) is 0 Å². The van der Waals surface area contributed by atoms with Crippen molar-refractivity contribution in [3.8, 4) is 0 Å². The molecule has 1 aromatic heterocycles. The van der Waals surface area contributed by atoms with Gasteiger partial charge in [0.1, 0.15) is 13.1 Å². The summed E-state index contributed by atoms with van der Waals surface area (Å²) in [6.07, 6.45) is 3.98. The van der Waals surface area contributed by atoms with Crippen molar-refractivity contribution in [2.45, 2.75) is 32.9 Å². The van der Waals surface area contributed by atoms with E-state index in [0.29, 0.717) is 0 Å². The van der Waals surface area contributed by atoms with Crippen molar-refractivity contribution >= 4 is 11.9 Å². The Hall–Kier alpha value is -1.85. The molecule has 0 aliphatic heterocycles. The Labute approximate surface area is 99.8 Å². The summed E-state index contributed by atoms with van der Waals surface area (Å²) in [6, 6.07) is 1.63. The normalized spacial score (nSPS) is 12.1. The predicted octanol–water partition coefficient (Wildman–Crippen LogP) is 0.595. The van der Waals surface area contributed by atoms with Crippen LogP contribution in [0.15, 0.2) is 18.5 Å². The molecule has 0 saturated carbocycles. The third-order valence-corrected chi connectivity index (χ3v) is 2.61. The lowest BCUT2D eigenvalue weighted by molar-refractivity contribution is -0.146. The SMILES string of the molecule is CCC(C)N(CC(=O)O)C(=O)Cn1cccn1. The zero-order valence-corrected chi connectivity index (χ0v) is 10.0. The Morgan fingerprint density at radius 2 is 2.24 bits per heavy atom. The maximum absolute atomic E-state index is 11.9. The van der Waals surface area contributed by atoms with Crippen molar-refractivity contribution in [2.75, 3.05) is 6.54 Å². The van der Waals surface area contributed by atoms with Crippen molar-refractivity contribution in [1.82, 2.24) is 14.7 Å². The minimum atomic E-state index is -1.00. The van der Waals surface area contributed by atoms with Crippen LogP contribution >= 0.6 is 0 Å². The highest BCUT2D eigenvalue weighted by Gasteiger charge is 2.21. The smallest absolute Gasteiger partial charge is 0.323 e. The number of aromatic nitrogens is 2. The summed E-state index contributed by atoms with van der Waals surface area (Å²) in [7, 11) is 0. The van der Waals surface area contributed by atoms with Crippen molar-refractivity contribution in [3.05, 3.63) is 18.5 Å². The van der Waals surface area contributed by atoms with E-state index in [1.807, 2.05) is 13.8 Å². The lowest BCUT2D eigenvalue weighted by Gasteiger charge is -2.26. The molecule has 1 atom stereocenters. The summed E-state index contributed by atoms with van der Waals surface area (Å²) in [6.45, 7) is 3.56. The fourth-order valence-corrected chi connectivity index (χ4v) is 1.48. The first-order chi connectivity index (χ1) is 8.04. The predicted molar refractivity (Wildman–Crippen MR) is 61.3 cm³/mol. The van der Waals surface area contributed by atoms with Gasteiger partial charge >= 0.3 is 5.97 Å². The van der Waals surface area contributed by atoms with Gasteiger partial charge in [0, 0.05) is 18.4 Å². The molecule has 0 fully saturated rings. The van der Waals surface area contributed by atoms with Gasteiger partial charge < -0.3 is 10.0 Å². The Kier molecular flexibility index (Phi) is 4.68. The van der Waals surface area contributed by atoms with Gasteiger partial charge in [-0.3, -0.25) is 14.3 Å². The van der Waals surface area contributed by atoms with Gasteiger partial charge in [-0.15, -0.1) is 0 Å². The van der Waals surface area contributed by atoms with Gasteiger partial charge in [-0.1, -0.05) is 6.92 Å². The van der Waals surface area contributed by atoms with E-state index in [1.165, 1.54) is 9.58 Å². The van der Waals surface area contributed by atoms with Crippen LogP contribution in [0.5, 0.6) is 0 Å². The molecule has 1 N–H and O–H groups in total. The molecule has 0 aliphatic rings. The molecule has 1 amide bonds. The highest BCUT2D eigenvalue weighted by Crippen LogP contribution is 2.05. The second kappa shape index (κ2) is 6.03. The Balaban J connectivity index is 2.68. The summed E-state index contributed by atoms with van der Waals surface area (Å²) < 4.78 is 1.49. The number of carboxylic acids is 1. The van der Waals surface area contributed by atoms with Gasteiger partial charge in [-0.25, -0.2) is 0 Å². The van der Waals surface area contributed by atoms with Gasteiger partial charge in [0.15, 0.2) is 0 Å². The van der Waals surface area contributed by atoms with Crippen molar-refractivity contribution in [2.24, 2.45) is 0 Å². The quantitative estimate of drug-likeness (QED) is 0.788. The van der Waals surface area contributed by atoms with Crippen LogP contribution in [0.1, 0.15) is 20.3 Å². The highest BCUT2D eigenvalue weighted by molar-refractivity contribution is 5.81. The molecule has 1 heterocycles. The van der Waals surface area contributed by atoms with Crippen LogP contribution in [0.2, 0.25) is 0 Å². The van der Waals surface area contributed by atoms with Crippen LogP contribution in [0.25, 0.3) is 0 Å². The van der Waals surface area contributed by atoms with E-state index in [2.05, 4.69) is 5.10 Å². The minimum absolute atomic E-state index is 0.0740. The lowest BCUT2D eigenvalue weighted by Crippen LogP contribution is -2.43. The zero-order valence-electron chi connectivity index (χ0n) is 10.0. The van der Waals surface area contributed by atoms with E-state index in [1.54, 1.807) is 18.5 Å². The van der Waals surface area contributed by atoms with Crippen LogP contribution < -0.4 is 0 Å². The second-order valence-corrected chi connectivity index (χ2v) is 3.88. The molecule has 0 radical (unpaired) electrons. The van der Waals surface area contributed by atoms with E-state index in [-0.39, 0.29) is 25.0 Å². The number of aliphatic carboxylic acids is 1. The number of hydrogen-bond acceptors (Lipinski definition) is 3. The maximum atomic E-state index is 11.9. The number of carbonyl (C=O) groups is 2.